The van der Waals surface area contributed by atoms with Gasteiger partial charge in [-0.05, 0) is 39.3 Å². The topological polar surface area (TPSA) is 23.6 Å². The Bertz CT molecular complexity index is 359. The standard InChI is InChI=1S/C15H26N2O/c1-12-7-10-17(14(12)15(2,3)4)13(18)11-16-8-5-6-9-16/h5-11H2,1-4H3. The predicted octanol–water partition coefficient (Wildman–Crippen LogP) is 2.63. The van der Waals surface area contributed by atoms with Gasteiger partial charge in [-0.2, -0.15) is 0 Å². The summed E-state index contributed by atoms with van der Waals surface area (Å²) in [5, 5.41) is 0. The summed E-state index contributed by atoms with van der Waals surface area (Å²) in [7, 11) is 0. The Morgan fingerprint density at radius 2 is 1.78 bits per heavy atom. The molecule has 0 aromatic rings. The van der Waals surface area contributed by atoms with Crippen LogP contribution in [0.3, 0.4) is 0 Å². The fourth-order valence-corrected chi connectivity index (χ4v) is 3.25. The summed E-state index contributed by atoms with van der Waals surface area (Å²) in [6.07, 6.45) is 3.53. The molecule has 3 heteroatoms. The van der Waals surface area contributed by atoms with Crippen molar-refractivity contribution in [3.63, 3.8) is 0 Å². The lowest BCUT2D eigenvalue weighted by atomic mass is 9.89. The number of allylic oxidation sites excluding steroid dienone is 1. The molecule has 0 radical (unpaired) electrons. The molecule has 0 aromatic heterocycles. The van der Waals surface area contributed by atoms with Crippen LogP contribution in [0.25, 0.3) is 0 Å². The first-order chi connectivity index (χ1) is 8.39. The van der Waals surface area contributed by atoms with E-state index in [0.29, 0.717) is 12.5 Å². The van der Waals surface area contributed by atoms with E-state index in [1.54, 1.807) is 0 Å². The third kappa shape index (κ3) is 2.77. The zero-order chi connectivity index (χ0) is 13.3. The van der Waals surface area contributed by atoms with Crippen LogP contribution in [0.5, 0.6) is 0 Å². The molecule has 0 aromatic carbocycles. The maximum absolute atomic E-state index is 12.5. The molecule has 0 spiro atoms. The number of likely N-dealkylation sites (tertiary alicyclic amines) is 1. The van der Waals surface area contributed by atoms with Crippen LogP contribution in [0, 0.1) is 5.41 Å². The van der Waals surface area contributed by atoms with Crippen molar-refractivity contribution >= 4 is 5.91 Å². The Morgan fingerprint density at radius 1 is 1.17 bits per heavy atom. The van der Waals surface area contributed by atoms with Crippen LogP contribution in [-0.4, -0.2) is 41.9 Å². The summed E-state index contributed by atoms with van der Waals surface area (Å²) < 4.78 is 0. The molecule has 2 aliphatic rings. The number of rotatable bonds is 2. The Hall–Kier alpha value is -0.830. The van der Waals surface area contributed by atoms with Gasteiger partial charge in [0.1, 0.15) is 0 Å². The molecule has 1 amide bonds. The van der Waals surface area contributed by atoms with Gasteiger partial charge in [0.25, 0.3) is 0 Å². The Labute approximate surface area is 111 Å². The molecule has 0 bridgehead atoms. The van der Waals surface area contributed by atoms with Crippen molar-refractivity contribution in [2.45, 2.75) is 47.0 Å². The lowest BCUT2D eigenvalue weighted by Gasteiger charge is -2.31. The van der Waals surface area contributed by atoms with Gasteiger partial charge in [-0.25, -0.2) is 0 Å². The summed E-state index contributed by atoms with van der Waals surface area (Å²) in [5.41, 5.74) is 2.71. The van der Waals surface area contributed by atoms with E-state index in [4.69, 9.17) is 0 Å². The fraction of sp³-hybridized carbons (Fsp3) is 0.800. The van der Waals surface area contributed by atoms with Crippen molar-refractivity contribution in [3.05, 3.63) is 11.3 Å². The molecule has 2 aliphatic heterocycles. The fourth-order valence-electron chi connectivity index (χ4n) is 3.25. The monoisotopic (exact) mass is 250 g/mol. The average Bonchev–Trinajstić information content (AvgIpc) is 2.85. The Balaban J connectivity index is 2.06. The summed E-state index contributed by atoms with van der Waals surface area (Å²) in [5.74, 6) is 0.290. The average molecular weight is 250 g/mol. The second-order valence-electron chi connectivity index (χ2n) is 6.66. The minimum Gasteiger partial charge on any atom is -0.314 e. The summed E-state index contributed by atoms with van der Waals surface area (Å²) in [6.45, 7) is 12.4. The highest BCUT2D eigenvalue weighted by Crippen LogP contribution is 2.36. The molecule has 0 aliphatic carbocycles. The van der Waals surface area contributed by atoms with Crippen molar-refractivity contribution < 1.29 is 4.79 Å². The van der Waals surface area contributed by atoms with Crippen LogP contribution in [0.2, 0.25) is 0 Å². The minimum atomic E-state index is 0.0707. The van der Waals surface area contributed by atoms with Crippen LogP contribution < -0.4 is 0 Å². The molecule has 2 rings (SSSR count). The largest absolute Gasteiger partial charge is 0.314 e. The molecule has 0 unspecified atom stereocenters. The van der Waals surface area contributed by atoms with Gasteiger partial charge in [0, 0.05) is 17.7 Å². The number of nitrogens with zero attached hydrogens (tertiary/aromatic N) is 2. The first kappa shape index (κ1) is 13.6. The lowest BCUT2D eigenvalue weighted by molar-refractivity contribution is -0.130. The summed E-state index contributed by atoms with van der Waals surface area (Å²) in [4.78, 5) is 16.8. The van der Waals surface area contributed by atoms with E-state index < -0.39 is 0 Å². The van der Waals surface area contributed by atoms with Gasteiger partial charge in [0.2, 0.25) is 5.91 Å². The number of hydrogen-bond donors (Lipinski definition) is 0. The summed E-state index contributed by atoms with van der Waals surface area (Å²) in [6, 6.07) is 0. The van der Waals surface area contributed by atoms with Gasteiger partial charge in [-0.15, -0.1) is 0 Å². The van der Waals surface area contributed by atoms with E-state index >= 15 is 0 Å². The second kappa shape index (κ2) is 5.04. The molecular weight excluding hydrogens is 224 g/mol. The van der Waals surface area contributed by atoms with Gasteiger partial charge in [0.05, 0.1) is 6.54 Å². The van der Waals surface area contributed by atoms with Crippen LogP contribution in [0.4, 0.5) is 0 Å². The Kier molecular flexibility index (Phi) is 3.81. The molecule has 1 saturated heterocycles. The molecule has 1 fully saturated rings. The van der Waals surface area contributed by atoms with Gasteiger partial charge in [-0.3, -0.25) is 9.69 Å². The van der Waals surface area contributed by atoms with Crippen LogP contribution in [-0.2, 0) is 4.79 Å². The maximum Gasteiger partial charge on any atom is 0.240 e. The number of carbonyl (C=O) groups excluding carboxylic acids is 1. The third-order valence-corrected chi connectivity index (χ3v) is 3.95. The van der Waals surface area contributed by atoms with Gasteiger partial charge in [0.15, 0.2) is 0 Å². The lowest BCUT2D eigenvalue weighted by Crippen LogP contribution is -2.40. The SMILES string of the molecule is CC1=C(C(C)(C)C)N(C(=O)CN2CCCC2)CC1. The van der Waals surface area contributed by atoms with Crippen molar-refractivity contribution in [2.24, 2.45) is 5.41 Å². The first-order valence-corrected chi connectivity index (χ1v) is 7.12. The number of hydrogen-bond acceptors (Lipinski definition) is 2. The third-order valence-electron chi connectivity index (χ3n) is 3.95. The normalized spacial score (nSPS) is 22.1. The predicted molar refractivity (Wildman–Crippen MR) is 74.2 cm³/mol. The van der Waals surface area contributed by atoms with E-state index in [-0.39, 0.29) is 5.41 Å². The molecule has 0 atom stereocenters. The highest BCUT2D eigenvalue weighted by atomic mass is 16.2. The van der Waals surface area contributed by atoms with Gasteiger partial charge in [-0.1, -0.05) is 26.3 Å². The smallest absolute Gasteiger partial charge is 0.240 e. The van der Waals surface area contributed by atoms with Crippen LogP contribution >= 0.6 is 0 Å². The van der Waals surface area contributed by atoms with Crippen LogP contribution in [0.1, 0.15) is 47.0 Å². The maximum atomic E-state index is 12.5. The van der Waals surface area contributed by atoms with Crippen molar-refractivity contribution in [3.8, 4) is 0 Å². The van der Waals surface area contributed by atoms with E-state index in [1.807, 2.05) is 4.90 Å². The van der Waals surface area contributed by atoms with Crippen molar-refractivity contribution in [1.29, 1.82) is 0 Å². The molecule has 2 heterocycles. The molecule has 0 N–H and O–H groups in total. The van der Waals surface area contributed by atoms with Crippen LogP contribution in [0.15, 0.2) is 11.3 Å². The molecular formula is C15H26N2O. The highest BCUT2D eigenvalue weighted by molar-refractivity contribution is 5.81. The van der Waals surface area contributed by atoms with E-state index in [2.05, 4.69) is 32.6 Å². The second-order valence-corrected chi connectivity index (χ2v) is 6.66. The zero-order valence-corrected chi connectivity index (χ0v) is 12.3. The molecule has 0 saturated carbocycles. The molecule has 102 valence electrons. The van der Waals surface area contributed by atoms with Crippen molar-refractivity contribution in [1.82, 2.24) is 9.80 Å². The van der Waals surface area contributed by atoms with Gasteiger partial charge >= 0.3 is 0 Å². The number of carbonyl (C=O) groups is 1. The number of amides is 1. The van der Waals surface area contributed by atoms with E-state index in [0.717, 1.165) is 26.1 Å². The molecule has 18 heavy (non-hydrogen) atoms. The highest BCUT2D eigenvalue weighted by Gasteiger charge is 2.33. The first-order valence-electron chi connectivity index (χ1n) is 7.12. The Morgan fingerprint density at radius 3 is 2.33 bits per heavy atom. The van der Waals surface area contributed by atoms with Crippen molar-refractivity contribution in [2.75, 3.05) is 26.2 Å². The zero-order valence-electron chi connectivity index (χ0n) is 12.3. The van der Waals surface area contributed by atoms with Gasteiger partial charge < -0.3 is 4.90 Å². The quantitative estimate of drug-likeness (QED) is 0.752. The summed E-state index contributed by atoms with van der Waals surface area (Å²) >= 11 is 0. The van der Waals surface area contributed by atoms with E-state index in [1.165, 1.54) is 24.1 Å². The van der Waals surface area contributed by atoms with E-state index in [9.17, 15) is 4.79 Å². The minimum absolute atomic E-state index is 0.0707. The molecule has 3 nitrogen and oxygen atoms in total.